The minimum Gasteiger partial charge on any atom is -0.480 e. The van der Waals surface area contributed by atoms with Crippen molar-refractivity contribution in [1.82, 2.24) is 10.2 Å². The molecule has 3 N–H and O–H groups in total. The van der Waals surface area contributed by atoms with E-state index in [4.69, 9.17) is 5.11 Å². The lowest BCUT2D eigenvalue weighted by Crippen LogP contribution is -2.50. The number of nitrogens with one attached hydrogen (secondary N) is 1. The maximum atomic E-state index is 11.8. The highest BCUT2D eigenvalue weighted by Gasteiger charge is 2.39. The SMILES string of the molecule is COC(=O)C(C)NC(=O)N1C[C@H](O)C[C@H]1C(=O)O. The van der Waals surface area contributed by atoms with Gasteiger partial charge in [-0.2, -0.15) is 0 Å². The summed E-state index contributed by atoms with van der Waals surface area (Å²) < 4.78 is 4.43. The number of carboxylic acid groups (broad SMARTS) is 1. The van der Waals surface area contributed by atoms with E-state index < -0.39 is 36.2 Å². The van der Waals surface area contributed by atoms with E-state index in [1.807, 2.05) is 0 Å². The smallest absolute Gasteiger partial charge is 0.328 e. The van der Waals surface area contributed by atoms with Gasteiger partial charge in [-0.1, -0.05) is 0 Å². The molecule has 1 fully saturated rings. The van der Waals surface area contributed by atoms with Gasteiger partial charge in [0.25, 0.3) is 0 Å². The molecule has 0 aromatic rings. The molecule has 0 saturated carbocycles. The largest absolute Gasteiger partial charge is 0.480 e. The Balaban J connectivity index is 2.65. The third-order valence-electron chi connectivity index (χ3n) is 2.72. The van der Waals surface area contributed by atoms with Crippen LogP contribution in [0.25, 0.3) is 0 Å². The number of carbonyl (C=O) groups is 3. The van der Waals surface area contributed by atoms with Crippen molar-refractivity contribution in [3.8, 4) is 0 Å². The summed E-state index contributed by atoms with van der Waals surface area (Å²) in [6, 6.07) is -2.67. The quantitative estimate of drug-likeness (QED) is 0.547. The molecule has 1 unspecified atom stereocenters. The number of carbonyl (C=O) groups excluding carboxylic acids is 2. The van der Waals surface area contributed by atoms with Crippen molar-refractivity contribution in [3.63, 3.8) is 0 Å². The molecule has 1 heterocycles. The van der Waals surface area contributed by atoms with Gasteiger partial charge in [-0.25, -0.2) is 14.4 Å². The second kappa shape index (κ2) is 5.67. The summed E-state index contributed by atoms with van der Waals surface area (Å²) in [6.07, 6.45) is -0.889. The minimum absolute atomic E-state index is 0.0185. The molecule has 0 bridgehead atoms. The highest BCUT2D eigenvalue weighted by molar-refractivity contribution is 5.87. The van der Waals surface area contributed by atoms with Crippen LogP contribution in [0.5, 0.6) is 0 Å². The fourth-order valence-electron chi connectivity index (χ4n) is 1.78. The molecule has 0 aliphatic carbocycles. The molecule has 0 aromatic heterocycles. The summed E-state index contributed by atoms with van der Waals surface area (Å²) >= 11 is 0. The summed E-state index contributed by atoms with van der Waals surface area (Å²) in [6.45, 7) is 1.35. The molecule has 0 spiro atoms. The third-order valence-corrected chi connectivity index (χ3v) is 2.72. The van der Waals surface area contributed by atoms with Crippen molar-refractivity contribution < 1.29 is 29.3 Å². The Bertz CT molecular complexity index is 358. The zero-order valence-corrected chi connectivity index (χ0v) is 10.1. The summed E-state index contributed by atoms with van der Waals surface area (Å²) in [4.78, 5) is 34.8. The Labute approximate surface area is 104 Å². The fourth-order valence-corrected chi connectivity index (χ4v) is 1.78. The van der Waals surface area contributed by atoms with Gasteiger partial charge in [0.05, 0.1) is 13.2 Å². The zero-order chi connectivity index (χ0) is 13.9. The van der Waals surface area contributed by atoms with Crippen molar-refractivity contribution >= 4 is 18.0 Å². The standard InChI is InChI=1S/C10H16N2O6/c1-5(9(16)18-2)11-10(17)12-4-6(13)3-7(12)8(14)15/h5-7,13H,3-4H2,1-2H3,(H,11,17)(H,14,15)/t5?,6-,7+/m1/s1. The van der Waals surface area contributed by atoms with Gasteiger partial charge in [-0.3, -0.25) is 0 Å². The van der Waals surface area contributed by atoms with Gasteiger partial charge < -0.3 is 25.2 Å². The van der Waals surface area contributed by atoms with Crippen LogP contribution in [0, 0.1) is 0 Å². The molecular weight excluding hydrogens is 244 g/mol. The van der Waals surface area contributed by atoms with Crippen molar-refractivity contribution in [2.45, 2.75) is 31.5 Å². The van der Waals surface area contributed by atoms with Crippen LogP contribution in [0.15, 0.2) is 0 Å². The Morgan fingerprint density at radius 2 is 2.06 bits per heavy atom. The number of nitrogens with zero attached hydrogens (tertiary/aromatic N) is 1. The minimum atomic E-state index is -1.19. The number of carboxylic acids is 1. The number of aliphatic hydroxyl groups is 1. The van der Waals surface area contributed by atoms with Crippen LogP contribution in [-0.4, -0.2) is 64.9 Å². The lowest BCUT2D eigenvalue weighted by atomic mass is 10.2. The predicted octanol–water partition coefficient (Wildman–Crippen LogP) is -1.22. The molecule has 2 amide bonds. The van der Waals surface area contributed by atoms with Gasteiger partial charge in [0.2, 0.25) is 0 Å². The molecule has 1 saturated heterocycles. The van der Waals surface area contributed by atoms with Gasteiger partial charge in [0.15, 0.2) is 0 Å². The first-order valence-electron chi connectivity index (χ1n) is 5.42. The third kappa shape index (κ3) is 3.10. The number of likely N-dealkylation sites (tertiary alicyclic amines) is 1. The lowest BCUT2D eigenvalue weighted by Gasteiger charge is -2.23. The number of aliphatic hydroxyl groups excluding tert-OH is 1. The molecule has 3 atom stereocenters. The summed E-state index contributed by atoms with van der Waals surface area (Å²) in [5, 5.41) is 20.6. The van der Waals surface area contributed by atoms with Crippen LogP contribution in [0.3, 0.4) is 0 Å². The van der Waals surface area contributed by atoms with Crippen LogP contribution in [-0.2, 0) is 14.3 Å². The number of β-amino-alcohol motifs (C(OH)–C–C–N with tert-alkyl or cyclic N) is 1. The number of methoxy groups -OCH3 is 1. The van der Waals surface area contributed by atoms with Crippen molar-refractivity contribution in [2.75, 3.05) is 13.7 Å². The topological polar surface area (TPSA) is 116 Å². The maximum Gasteiger partial charge on any atom is 0.328 e. The Kier molecular flexibility index (Phi) is 4.49. The molecule has 102 valence electrons. The number of urea groups is 1. The lowest BCUT2D eigenvalue weighted by molar-refractivity contribution is -0.142. The predicted molar refractivity (Wildman–Crippen MR) is 58.8 cm³/mol. The molecule has 8 nitrogen and oxygen atoms in total. The molecule has 0 radical (unpaired) electrons. The zero-order valence-electron chi connectivity index (χ0n) is 10.1. The first-order chi connectivity index (χ1) is 8.36. The van der Waals surface area contributed by atoms with Crippen molar-refractivity contribution in [2.24, 2.45) is 0 Å². The van der Waals surface area contributed by atoms with Gasteiger partial charge in [0.1, 0.15) is 12.1 Å². The number of amides is 2. The number of hydrogen-bond acceptors (Lipinski definition) is 5. The van der Waals surface area contributed by atoms with E-state index >= 15 is 0 Å². The van der Waals surface area contributed by atoms with Gasteiger partial charge >= 0.3 is 18.0 Å². The highest BCUT2D eigenvalue weighted by atomic mass is 16.5. The number of rotatable bonds is 3. The maximum absolute atomic E-state index is 11.8. The number of aliphatic carboxylic acids is 1. The monoisotopic (exact) mass is 260 g/mol. The second-order valence-corrected chi connectivity index (χ2v) is 4.09. The van der Waals surface area contributed by atoms with E-state index in [1.165, 1.54) is 14.0 Å². The first-order valence-corrected chi connectivity index (χ1v) is 5.42. The molecule has 18 heavy (non-hydrogen) atoms. The molecule has 1 rings (SSSR count). The normalized spacial score (nSPS) is 24.5. The van der Waals surface area contributed by atoms with Crippen LogP contribution in [0.2, 0.25) is 0 Å². The van der Waals surface area contributed by atoms with E-state index in [-0.39, 0.29) is 13.0 Å². The van der Waals surface area contributed by atoms with E-state index in [0.29, 0.717) is 0 Å². The molecule has 1 aliphatic heterocycles. The molecular formula is C10H16N2O6. The number of esters is 1. The number of ether oxygens (including phenoxy) is 1. The summed E-state index contributed by atoms with van der Waals surface area (Å²) in [5.74, 6) is -1.82. The Morgan fingerprint density at radius 1 is 1.44 bits per heavy atom. The molecule has 1 aliphatic rings. The van der Waals surface area contributed by atoms with Gasteiger partial charge in [-0.15, -0.1) is 0 Å². The van der Waals surface area contributed by atoms with Crippen molar-refractivity contribution in [3.05, 3.63) is 0 Å². The Hall–Kier alpha value is -1.83. The molecule has 0 aromatic carbocycles. The van der Waals surface area contributed by atoms with Gasteiger partial charge in [-0.05, 0) is 6.92 Å². The van der Waals surface area contributed by atoms with E-state index in [0.717, 1.165) is 4.90 Å². The molecule has 8 heteroatoms. The average molecular weight is 260 g/mol. The van der Waals surface area contributed by atoms with Crippen LogP contribution in [0.1, 0.15) is 13.3 Å². The number of hydrogen-bond donors (Lipinski definition) is 3. The summed E-state index contributed by atoms with van der Waals surface area (Å²) in [5.41, 5.74) is 0. The fraction of sp³-hybridized carbons (Fsp3) is 0.700. The second-order valence-electron chi connectivity index (χ2n) is 4.09. The van der Waals surface area contributed by atoms with Crippen LogP contribution >= 0.6 is 0 Å². The average Bonchev–Trinajstić information content (AvgIpc) is 2.70. The van der Waals surface area contributed by atoms with Gasteiger partial charge in [0, 0.05) is 13.0 Å². The Morgan fingerprint density at radius 3 is 2.56 bits per heavy atom. The van der Waals surface area contributed by atoms with E-state index in [2.05, 4.69) is 10.1 Å². The first kappa shape index (κ1) is 14.2. The van der Waals surface area contributed by atoms with Crippen LogP contribution in [0.4, 0.5) is 4.79 Å². The van der Waals surface area contributed by atoms with E-state index in [9.17, 15) is 19.5 Å². The van der Waals surface area contributed by atoms with Crippen molar-refractivity contribution in [1.29, 1.82) is 0 Å². The highest BCUT2D eigenvalue weighted by Crippen LogP contribution is 2.18. The van der Waals surface area contributed by atoms with Crippen LogP contribution < -0.4 is 5.32 Å². The van der Waals surface area contributed by atoms with E-state index in [1.54, 1.807) is 0 Å². The summed E-state index contributed by atoms with van der Waals surface area (Å²) in [7, 11) is 1.19.